The normalized spacial score (nSPS) is 11.7. The topological polar surface area (TPSA) is 58.6 Å². The first-order chi connectivity index (χ1) is 6.67. The van der Waals surface area contributed by atoms with Gasteiger partial charge in [-0.15, -0.1) is 0 Å². The van der Waals surface area contributed by atoms with Gasteiger partial charge in [-0.1, -0.05) is 22.8 Å². The van der Waals surface area contributed by atoms with E-state index in [1.54, 1.807) is 12.1 Å². The van der Waals surface area contributed by atoms with Crippen molar-refractivity contribution in [3.63, 3.8) is 0 Å². The van der Waals surface area contributed by atoms with Crippen LogP contribution in [0.15, 0.2) is 23.4 Å². The molecule has 0 spiro atoms. The molecule has 1 rings (SSSR count). The Morgan fingerprint density at radius 1 is 1.50 bits per heavy atom. The van der Waals surface area contributed by atoms with Gasteiger partial charge in [-0.25, -0.2) is 0 Å². The number of amidine groups is 1. The molecular formula is C9H11ClN2OS. The van der Waals surface area contributed by atoms with Gasteiger partial charge in [0.05, 0.1) is 0 Å². The van der Waals surface area contributed by atoms with Crippen molar-refractivity contribution in [1.29, 1.82) is 0 Å². The molecule has 1 aromatic carbocycles. The van der Waals surface area contributed by atoms with Crippen molar-refractivity contribution in [3.8, 4) is 0 Å². The highest BCUT2D eigenvalue weighted by Crippen LogP contribution is 2.18. The highest BCUT2D eigenvalue weighted by molar-refractivity contribution is 7.79. The first-order valence-corrected chi connectivity index (χ1v) is 5.03. The van der Waals surface area contributed by atoms with Crippen molar-refractivity contribution in [1.82, 2.24) is 0 Å². The minimum atomic E-state index is 0.162. The predicted molar refractivity (Wildman–Crippen MR) is 61.3 cm³/mol. The van der Waals surface area contributed by atoms with E-state index in [9.17, 15) is 0 Å². The summed E-state index contributed by atoms with van der Waals surface area (Å²) in [6.07, 6.45) is 0.382. The average Bonchev–Trinajstić information content (AvgIpc) is 2.18. The second-order valence-corrected chi connectivity index (χ2v) is 3.59. The van der Waals surface area contributed by atoms with Gasteiger partial charge < -0.3 is 10.9 Å². The Morgan fingerprint density at radius 3 is 2.79 bits per heavy atom. The summed E-state index contributed by atoms with van der Waals surface area (Å²) >= 11 is 10.0. The fourth-order valence-electron chi connectivity index (χ4n) is 1.14. The van der Waals surface area contributed by atoms with E-state index < -0.39 is 0 Å². The van der Waals surface area contributed by atoms with Crippen LogP contribution in [0.5, 0.6) is 0 Å². The summed E-state index contributed by atoms with van der Waals surface area (Å²) in [4.78, 5) is 0. The summed E-state index contributed by atoms with van der Waals surface area (Å²) < 4.78 is 0. The fraction of sp³-hybridized carbons (Fsp3) is 0.222. The van der Waals surface area contributed by atoms with Gasteiger partial charge in [0.1, 0.15) is 5.84 Å². The Balaban J connectivity index is 2.99. The molecule has 0 atom stereocenters. The highest BCUT2D eigenvalue weighted by Gasteiger charge is 2.04. The third-order valence-corrected chi connectivity index (χ3v) is 2.41. The summed E-state index contributed by atoms with van der Waals surface area (Å²) in [5.41, 5.74) is 7.38. The first kappa shape index (κ1) is 11.2. The van der Waals surface area contributed by atoms with E-state index in [2.05, 4.69) is 17.8 Å². The number of benzene rings is 1. The molecule has 0 aromatic heterocycles. The van der Waals surface area contributed by atoms with Crippen molar-refractivity contribution in [3.05, 3.63) is 34.3 Å². The monoisotopic (exact) mass is 230 g/mol. The second kappa shape index (κ2) is 5.12. The van der Waals surface area contributed by atoms with Gasteiger partial charge in [-0.2, -0.15) is 12.6 Å². The van der Waals surface area contributed by atoms with Gasteiger partial charge in [0.15, 0.2) is 0 Å². The van der Waals surface area contributed by atoms with E-state index in [4.69, 9.17) is 22.5 Å². The van der Waals surface area contributed by atoms with Crippen LogP contribution >= 0.6 is 24.2 Å². The number of nitrogens with two attached hydrogens (primary N) is 1. The second-order valence-electron chi connectivity index (χ2n) is 2.84. The maximum Gasteiger partial charge on any atom is 0.143 e. The molecular weight excluding hydrogens is 220 g/mol. The SMILES string of the molecule is NC(Cc1cc(Cl)ccc1CS)=NO. The lowest BCUT2D eigenvalue weighted by Crippen LogP contribution is -2.15. The van der Waals surface area contributed by atoms with Crippen molar-refractivity contribution >= 4 is 30.1 Å². The van der Waals surface area contributed by atoms with Crippen molar-refractivity contribution in [2.75, 3.05) is 0 Å². The van der Waals surface area contributed by atoms with E-state index in [-0.39, 0.29) is 5.84 Å². The van der Waals surface area contributed by atoms with Crippen LogP contribution in [-0.2, 0) is 12.2 Å². The molecule has 0 saturated heterocycles. The largest absolute Gasteiger partial charge is 0.409 e. The zero-order chi connectivity index (χ0) is 10.6. The van der Waals surface area contributed by atoms with E-state index in [1.165, 1.54) is 0 Å². The van der Waals surface area contributed by atoms with Gasteiger partial charge in [0.2, 0.25) is 0 Å². The number of nitrogens with zero attached hydrogens (tertiary/aromatic N) is 1. The van der Waals surface area contributed by atoms with Crippen LogP contribution in [-0.4, -0.2) is 11.0 Å². The molecule has 0 heterocycles. The van der Waals surface area contributed by atoms with Gasteiger partial charge >= 0.3 is 0 Å². The smallest absolute Gasteiger partial charge is 0.143 e. The highest BCUT2D eigenvalue weighted by atomic mass is 35.5. The van der Waals surface area contributed by atoms with Crippen LogP contribution in [0.3, 0.4) is 0 Å². The number of hydrogen-bond acceptors (Lipinski definition) is 3. The van der Waals surface area contributed by atoms with Gasteiger partial charge in [0, 0.05) is 17.2 Å². The van der Waals surface area contributed by atoms with Crippen molar-refractivity contribution in [2.24, 2.45) is 10.9 Å². The fourth-order valence-corrected chi connectivity index (χ4v) is 1.65. The summed E-state index contributed by atoms with van der Waals surface area (Å²) in [6, 6.07) is 5.48. The molecule has 0 aliphatic heterocycles. The average molecular weight is 231 g/mol. The Morgan fingerprint density at radius 2 is 2.21 bits per heavy atom. The van der Waals surface area contributed by atoms with Crippen LogP contribution in [0.1, 0.15) is 11.1 Å². The molecule has 5 heteroatoms. The lowest BCUT2D eigenvalue weighted by molar-refractivity contribution is 0.317. The minimum Gasteiger partial charge on any atom is -0.409 e. The van der Waals surface area contributed by atoms with Crippen LogP contribution in [0, 0.1) is 0 Å². The summed E-state index contributed by atoms with van der Waals surface area (Å²) in [5.74, 6) is 0.765. The molecule has 76 valence electrons. The minimum absolute atomic E-state index is 0.162. The molecule has 0 aliphatic rings. The zero-order valence-electron chi connectivity index (χ0n) is 7.44. The standard InChI is InChI=1S/C9H11ClN2OS/c10-8-2-1-6(5-14)7(3-8)4-9(11)12-13/h1-3,13-14H,4-5H2,(H2,11,12). The van der Waals surface area contributed by atoms with Crippen LogP contribution in [0.2, 0.25) is 5.02 Å². The molecule has 3 nitrogen and oxygen atoms in total. The van der Waals surface area contributed by atoms with Crippen molar-refractivity contribution in [2.45, 2.75) is 12.2 Å². The van der Waals surface area contributed by atoms with Gasteiger partial charge in [-0.05, 0) is 23.3 Å². The lowest BCUT2D eigenvalue weighted by Gasteiger charge is -2.06. The van der Waals surface area contributed by atoms with Gasteiger partial charge in [0.25, 0.3) is 0 Å². The maximum absolute atomic E-state index is 8.44. The molecule has 0 radical (unpaired) electrons. The summed E-state index contributed by atoms with van der Waals surface area (Å²) in [5, 5.41) is 12.0. The first-order valence-electron chi connectivity index (χ1n) is 4.02. The third-order valence-electron chi connectivity index (χ3n) is 1.84. The molecule has 14 heavy (non-hydrogen) atoms. The summed E-state index contributed by atoms with van der Waals surface area (Å²) in [7, 11) is 0. The number of halogens is 1. The van der Waals surface area contributed by atoms with Crippen LogP contribution in [0.4, 0.5) is 0 Å². The molecule has 3 N–H and O–H groups in total. The lowest BCUT2D eigenvalue weighted by atomic mass is 10.1. The number of rotatable bonds is 3. The molecule has 1 aromatic rings. The number of oxime groups is 1. The molecule has 0 unspecified atom stereocenters. The number of thiol groups is 1. The molecule has 0 fully saturated rings. The van der Waals surface area contributed by atoms with Crippen LogP contribution < -0.4 is 5.73 Å². The molecule has 0 saturated carbocycles. The Hall–Kier alpha value is -0.870. The third kappa shape index (κ3) is 2.82. The van der Waals surface area contributed by atoms with E-state index >= 15 is 0 Å². The quantitative estimate of drug-likeness (QED) is 0.245. The predicted octanol–water partition coefficient (Wildman–Crippen LogP) is 2.06. The van der Waals surface area contributed by atoms with Gasteiger partial charge in [-0.3, -0.25) is 0 Å². The van der Waals surface area contributed by atoms with E-state index in [0.717, 1.165) is 11.1 Å². The van der Waals surface area contributed by atoms with Crippen LogP contribution in [0.25, 0.3) is 0 Å². The molecule has 0 bridgehead atoms. The Bertz CT molecular complexity index is 355. The number of hydrogen-bond donors (Lipinski definition) is 3. The Kier molecular flexibility index (Phi) is 4.10. The maximum atomic E-state index is 8.44. The zero-order valence-corrected chi connectivity index (χ0v) is 9.09. The molecule has 0 aliphatic carbocycles. The summed E-state index contributed by atoms with van der Waals surface area (Å²) in [6.45, 7) is 0. The molecule has 0 amide bonds. The van der Waals surface area contributed by atoms with E-state index in [1.807, 2.05) is 6.07 Å². The van der Waals surface area contributed by atoms with Crippen molar-refractivity contribution < 1.29 is 5.21 Å². The Labute approximate surface area is 93.0 Å². The van der Waals surface area contributed by atoms with E-state index in [0.29, 0.717) is 17.2 Å².